The number of carbonyl (C=O) groups is 1. The molecule has 0 aliphatic carbocycles. The fraction of sp³-hybridized carbons (Fsp3) is 0.208. The lowest BCUT2D eigenvalue weighted by Gasteiger charge is -2.13. The maximum absolute atomic E-state index is 12.4. The predicted molar refractivity (Wildman–Crippen MR) is 122 cm³/mol. The Bertz CT molecular complexity index is 962. The Balaban J connectivity index is 1.56. The monoisotopic (exact) mass is 469 g/mol. The van der Waals surface area contributed by atoms with Crippen LogP contribution in [0.25, 0.3) is 11.1 Å². The van der Waals surface area contributed by atoms with E-state index in [2.05, 4.69) is 21.2 Å². The molecule has 3 rings (SSSR count). The molecule has 3 aromatic carbocycles. The van der Waals surface area contributed by atoms with E-state index >= 15 is 0 Å². The standard InChI is InChI=1S/C24H24BrNO4/c1-2-28-14-15-29-23-11-7-6-10-21(23)26-24(27)17-30-22-13-12-19(16-20(22)25)18-8-4-3-5-9-18/h3-13,16H,2,14-15,17H2,1H3,(H,26,27). The number of ether oxygens (including phenoxy) is 3. The van der Waals surface area contributed by atoms with Crippen molar-refractivity contribution >= 4 is 27.5 Å². The first-order chi connectivity index (χ1) is 14.7. The van der Waals surface area contributed by atoms with E-state index in [0.29, 0.717) is 37.0 Å². The summed E-state index contributed by atoms with van der Waals surface area (Å²) in [6, 6.07) is 23.2. The minimum atomic E-state index is -0.269. The normalized spacial score (nSPS) is 10.5. The van der Waals surface area contributed by atoms with Crippen molar-refractivity contribution in [3.8, 4) is 22.6 Å². The fourth-order valence-electron chi connectivity index (χ4n) is 2.81. The van der Waals surface area contributed by atoms with Crippen LogP contribution in [-0.2, 0) is 9.53 Å². The van der Waals surface area contributed by atoms with Gasteiger partial charge < -0.3 is 19.5 Å². The summed E-state index contributed by atoms with van der Waals surface area (Å²) in [5, 5.41) is 2.83. The van der Waals surface area contributed by atoms with Crippen molar-refractivity contribution in [2.24, 2.45) is 0 Å². The van der Waals surface area contributed by atoms with Gasteiger partial charge in [-0.3, -0.25) is 4.79 Å². The van der Waals surface area contributed by atoms with Crippen molar-refractivity contribution < 1.29 is 19.0 Å². The number of hydrogen-bond acceptors (Lipinski definition) is 4. The Labute approximate surface area is 185 Å². The Morgan fingerprint density at radius 3 is 2.40 bits per heavy atom. The molecule has 0 saturated carbocycles. The molecule has 0 spiro atoms. The van der Waals surface area contributed by atoms with Gasteiger partial charge in [-0.2, -0.15) is 0 Å². The lowest BCUT2D eigenvalue weighted by Crippen LogP contribution is -2.21. The smallest absolute Gasteiger partial charge is 0.262 e. The van der Waals surface area contributed by atoms with Crippen LogP contribution in [0.1, 0.15) is 6.92 Å². The van der Waals surface area contributed by atoms with Crippen molar-refractivity contribution in [3.63, 3.8) is 0 Å². The van der Waals surface area contributed by atoms with Gasteiger partial charge in [-0.25, -0.2) is 0 Å². The van der Waals surface area contributed by atoms with Gasteiger partial charge in [0, 0.05) is 6.61 Å². The highest BCUT2D eigenvalue weighted by Gasteiger charge is 2.10. The van der Waals surface area contributed by atoms with Gasteiger partial charge >= 0.3 is 0 Å². The fourth-order valence-corrected chi connectivity index (χ4v) is 3.30. The molecule has 0 fully saturated rings. The van der Waals surface area contributed by atoms with Crippen LogP contribution < -0.4 is 14.8 Å². The molecule has 0 bridgehead atoms. The van der Waals surface area contributed by atoms with Gasteiger partial charge in [-0.1, -0.05) is 48.5 Å². The van der Waals surface area contributed by atoms with Gasteiger partial charge in [0.2, 0.25) is 0 Å². The summed E-state index contributed by atoms with van der Waals surface area (Å²) in [7, 11) is 0. The SMILES string of the molecule is CCOCCOc1ccccc1NC(=O)COc1ccc(-c2ccccc2)cc1Br. The van der Waals surface area contributed by atoms with Crippen LogP contribution in [0, 0.1) is 0 Å². The number of rotatable bonds is 10. The third kappa shape index (κ3) is 6.34. The number of anilines is 1. The highest BCUT2D eigenvalue weighted by atomic mass is 79.9. The minimum Gasteiger partial charge on any atom is -0.489 e. The average Bonchev–Trinajstić information content (AvgIpc) is 2.77. The highest BCUT2D eigenvalue weighted by molar-refractivity contribution is 9.10. The van der Waals surface area contributed by atoms with E-state index in [-0.39, 0.29) is 12.5 Å². The number of hydrogen-bond donors (Lipinski definition) is 1. The van der Waals surface area contributed by atoms with Crippen LogP contribution in [0.3, 0.4) is 0 Å². The molecule has 156 valence electrons. The molecule has 1 amide bonds. The topological polar surface area (TPSA) is 56.8 Å². The van der Waals surface area contributed by atoms with E-state index in [9.17, 15) is 4.79 Å². The molecule has 0 aliphatic heterocycles. The van der Waals surface area contributed by atoms with Crippen LogP contribution in [0.15, 0.2) is 77.3 Å². The molecule has 0 radical (unpaired) electrons. The second kappa shape index (κ2) is 11.4. The van der Waals surface area contributed by atoms with Crippen molar-refractivity contribution in [1.82, 2.24) is 0 Å². The number of carbonyl (C=O) groups excluding carboxylic acids is 1. The summed E-state index contributed by atoms with van der Waals surface area (Å²) in [6.45, 7) is 3.37. The first-order valence-corrected chi connectivity index (χ1v) is 10.5. The second-order valence-electron chi connectivity index (χ2n) is 6.39. The van der Waals surface area contributed by atoms with Gasteiger partial charge in [-0.05, 0) is 58.2 Å². The summed E-state index contributed by atoms with van der Waals surface area (Å²) in [5.74, 6) is 0.930. The van der Waals surface area contributed by atoms with E-state index in [1.165, 1.54) is 0 Å². The molecule has 3 aromatic rings. The lowest BCUT2D eigenvalue weighted by atomic mass is 10.1. The number of benzene rings is 3. The Morgan fingerprint density at radius 1 is 0.867 bits per heavy atom. The second-order valence-corrected chi connectivity index (χ2v) is 7.24. The maximum atomic E-state index is 12.4. The van der Waals surface area contributed by atoms with Gasteiger partial charge in [0.1, 0.15) is 18.1 Å². The molecule has 0 unspecified atom stereocenters. The first-order valence-electron chi connectivity index (χ1n) is 9.74. The van der Waals surface area contributed by atoms with E-state index < -0.39 is 0 Å². The minimum absolute atomic E-state index is 0.115. The predicted octanol–water partition coefficient (Wildman–Crippen LogP) is 5.55. The summed E-state index contributed by atoms with van der Waals surface area (Å²) in [6.07, 6.45) is 0. The van der Waals surface area contributed by atoms with Crippen molar-refractivity contribution in [2.45, 2.75) is 6.92 Å². The average molecular weight is 470 g/mol. The van der Waals surface area contributed by atoms with Crippen molar-refractivity contribution in [1.29, 1.82) is 0 Å². The zero-order valence-electron chi connectivity index (χ0n) is 16.8. The summed E-state index contributed by atoms with van der Waals surface area (Å²) in [4.78, 5) is 12.4. The number of nitrogens with one attached hydrogen (secondary N) is 1. The summed E-state index contributed by atoms with van der Waals surface area (Å²) in [5.41, 5.74) is 2.78. The van der Waals surface area contributed by atoms with Crippen LogP contribution >= 0.6 is 15.9 Å². The Morgan fingerprint density at radius 2 is 1.63 bits per heavy atom. The molecular weight excluding hydrogens is 446 g/mol. The summed E-state index contributed by atoms with van der Waals surface area (Å²) >= 11 is 3.53. The van der Waals surface area contributed by atoms with E-state index in [1.54, 1.807) is 12.1 Å². The molecule has 0 heterocycles. The number of amides is 1. The third-order valence-corrected chi connectivity index (χ3v) is 4.87. The molecule has 6 heteroatoms. The molecule has 0 aromatic heterocycles. The molecule has 30 heavy (non-hydrogen) atoms. The van der Waals surface area contributed by atoms with E-state index in [4.69, 9.17) is 14.2 Å². The largest absolute Gasteiger partial charge is 0.489 e. The summed E-state index contributed by atoms with van der Waals surface area (Å²) < 4.78 is 17.4. The molecule has 0 aliphatic rings. The Kier molecular flexibility index (Phi) is 8.30. The van der Waals surface area contributed by atoms with Gasteiger partial charge in [0.15, 0.2) is 6.61 Å². The van der Waals surface area contributed by atoms with E-state index in [0.717, 1.165) is 15.6 Å². The Hall–Kier alpha value is -2.83. The molecule has 0 saturated heterocycles. The zero-order valence-corrected chi connectivity index (χ0v) is 18.4. The highest BCUT2D eigenvalue weighted by Crippen LogP contribution is 2.31. The maximum Gasteiger partial charge on any atom is 0.262 e. The van der Waals surface area contributed by atoms with Crippen LogP contribution in [0.4, 0.5) is 5.69 Å². The van der Waals surface area contributed by atoms with Crippen LogP contribution in [-0.4, -0.2) is 32.3 Å². The van der Waals surface area contributed by atoms with Crippen LogP contribution in [0.5, 0.6) is 11.5 Å². The molecule has 0 atom stereocenters. The third-order valence-electron chi connectivity index (χ3n) is 4.25. The molecular formula is C24H24BrNO4. The lowest BCUT2D eigenvalue weighted by molar-refractivity contribution is -0.118. The van der Waals surface area contributed by atoms with Crippen molar-refractivity contribution in [2.75, 3.05) is 31.7 Å². The quantitative estimate of drug-likeness (QED) is 0.395. The van der Waals surface area contributed by atoms with Gasteiger partial charge in [-0.15, -0.1) is 0 Å². The molecule has 1 N–H and O–H groups in total. The zero-order chi connectivity index (χ0) is 21.2. The molecule has 5 nitrogen and oxygen atoms in total. The number of para-hydroxylation sites is 2. The van der Waals surface area contributed by atoms with Gasteiger partial charge in [0.05, 0.1) is 16.8 Å². The first kappa shape index (κ1) is 21.9. The van der Waals surface area contributed by atoms with Crippen LogP contribution in [0.2, 0.25) is 0 Å². The number of halogens is 1. The van der Waals surface area contributed by atoms with Crippen molar-refractivity contribution in [3.05, 3.63) is 77.3 Å². The van der Waals surface area contributed by atoms with Gasteiger partial charge in [0.25, 0.3) is 5.91 Å². The van der Waals surface area contributed by atoms with E-state index in [1.807, 2.05) is 67.6 Å².